The van der Waals surface area contributed by atoms with Gasteiger partial charge < -0.3 is 20.9 Å². The first kappa shape index (κ1) is 100. The number of imidazole rings is 1. The van der Waals surface area contributed by atoms with Gasteiger partial charge in [0.1, 0.15) is 29.6 Å². The zero-order valence-corrected chi connectivity index (χ0v) is 84.1. The van der Waals surface area contributed by atoms with E-state index in [1.807, 2.05) is 234 Å². The van der Waals surface area contributed by atoms with E-state index in [0.29, 0.717) is 92.1 Å². The fourth-order valence-corrected chi connectivity index (χ4v) is 22.9. The van der Waals surface area contributed by atoms with E-state index >= 15 is 0 Å². The number of aromatic nitrogens is 11. The first-order valence-electron chi connectivity index (χ1n) is 46.9. The summed E-state index contributed by atoms with van der Waals surface area (Å²) >= 11 is 1.35. The number of para-hydroxylation sites is 2. The van der Waals surface area contributed by atoms with Crippen molar-refractivity contribution in [3.63, 3.8) is 0 Å². The Hall–Kier alpha value is -14.5. The van der Waals surface area contributed by atoms with Gasteiger partial charge in [-0.25, -0.2) is 48.4 Å². The van der Waals surface area contributed by atoms with Crippen LogP contribution in [0.2, 0.25) is 0 Å². The van der Waals surface area contributed by atoms with Crippen molar-refractivity contribution >= 4 is 128 Å². The van der Waals surface area contributed by atoms with Crippen LogP contribution in [-0.2, 0) is 79.0 Å². The predicted octanol–water partition coefficient (Wildman–Crippen LogP) is 16.7. The molecule has 0 radical (unpaired) electrons. The number of likely N-dealkylation sites (tertiary alicyclic amines) is 3. The number of imide groups is 3. The molecule has 3 saturated carbocycles. The van der Waals surface area contributed by atoms with Gasteiger partial charge in [0.05, 0.1) is 50.9 Å². The van der Waals surface area contributed by atoms with Gasteiger partial charge >= 0.3 is 18.1 Å². The smallest absolute Gasteiger partial charge is 0.327 e. The third kappa shape index (κ3) is 20.5. The Morgan fingerprint density at radius 1 is 0.386 bits per heavy atom. The van der Waals surface area contributed by atoms with Crippen molar-refractivity contribution in [2.24, 2.45) is 48.7 Å². The first-order chi connectivity index (χ1) is 65.5. The Morgan fingerprint density at radius 2 is 0.714 bits per heavy atom. The minimum Gasteiger partial charge on any atom is -0.352 e. The maximum atomic E-state index is 13.6. The number of urea groups is 3. The van der Waals surface area contributed by atoms with Gasteiger partial charge in [-0.1, -0.05) is 203 Å². The number of anilines is 6. The average Bonchev–Trinajstić information content (AvgIpc) is 0.828. The van der Waals surface area contributed by atoms with Crippen molar-refractivity contribution in [2.75, 3.05) is 53.0 Å². The summed E-state index contributed by atoms with van der Waals surface area (Å²) in [5.41, 5.74) is 2.48. The van der Waals surface area contributed by atoms with Crippen LogP contribution in [0, 0.1) is 48.7 Å². The molecule has 10 N–H and O–H groups in total. The Labute approximate surface area is 817 Å². The quantitative estimate of drug-likeness (QED) is 0.0336. The summed E-state index contributed by atoms with van der Waals surface area (Å²) in [5.74, 6) is 0.324. The zero-order valence-electron chi connectivity index (χ0n) is 83.3. The molecule has 140 heavy (non-hydrogen) atoms. The number of benzene rings is 5. The van der Waals surface area contributed by atoms with E-state index in [-0.39, 0.29) is 89.0 Å². The van der Waals surface area contributed by atoms with E-state index in [9.17, 15) is 57.5 Å². The summed E-state index contributed by atoms with van der Waals surface area (Å²) in [6.45, 7) is 36.1. The summed E-state index contributed by atoms with van der Waals surface area (Å²) in [5, 5.41) is 42.9. The molecule has 6 fully saturated rings. The molecule has 734 valence electrons. The maximum absolute atomic E-state index is 13.6. The van der Waals surface area contributed by atoms with E-state index < -0.39 is 66.8 Å². The van der Waals surface area contributed by atoms with Crippen LogP contribution >= 0.6 is 11.3 Å². The molecular formula is C104H125N23O12S. The van der Waals surface area contributed by atoms with Gasteiger partial charge in [0.15, 0.2) is 5.13 Å². The van der Waals surface area contributed by atoms with Crippen molar-refractivity contribution < 1.29 is 57.5 Å². The van der Waals surface area contributed by atoms with E-state index in [2.05, 4.69) is 114 Å². The lowest BCUT2D eigenvalue weighted by atomic mass is 9.51. The van der Waals surface area contributed by atoms with Crippen molar-refractivity contribution in [2.45, 2.75) is 218 Å². The van der Waals surface area contributed by atoms with Crippen LogP contribution in [0.25, 0.3) is 39.4 Å². The molecule has 15 amide bonds. The molecule has 3 aliphatic carbocycles. The topological polar surface area (TPSA) is 444 Å². The molecule has 6 aliphatic rings. The molecule has 0 spiro atoms. The van der Waals surface area contributed by atoms with E-state index in [1.165, 1.54) is 59.7 Å². The number of thiazole rings is 1. The van der Waals surface area contributed by atoms with Gasteiger partial charge in [0, 0.05) is 141 Å². The molecule has 17 rings (SSSR count). The van der Waals surface area contributed by atoms with E-state index in [0.717, 1.165) is 73.1 Å². The lowest BCUT2D eigenvalue weighted by Crippen LogP contribution is -2.63. The van der Waals surface area contributed by atoms with Gasteiger partial charge in [-0.2, -0.15) is 15.3 Å². The number of carbonyl (C=O) groups is 12. The second-order valence-corrected chi connectivity index (χ2v) is 45.1. The number of nitrogens with zero attached hydrogens (tertiary/aromatic N) is 13. The summed E-state index contributed by atoms with van der Waals surface area (Å²) < 4.78 is 5.03. The van der Waals surface area contributed by atoms with Crippen LogP contribution in [0.3, 0.4) is 0 Å². The molecule has 36 heteroatoms. The van der Waals surface area contributed by atoms with Crippen LogP contribution in [0.15, 0.2) is 170 Å². The van der Waals surface area contributed by atoms with E-state index in [1.54, 1.807) is 20.1 Å². The average molecular weight is 1920 g/mol. The fourth-order valence-electron chi connectivity index (χ4n) is 22.2. The number of fused-ring (bicyclic) bond motifs is 7. The van der Waals surface area contributed by atoms with Crippen LogP contribution in [0.4, 0.5) is 48.7 Å². The number of nitrogens with one attached hydrogen (secondary N) is 10. The summed E-state index contributed by atoms with van der Waals surface area (Å²) in [6, 6.07) is 45.7. The molecular weight excluding hydrogens is 1800 g/mol. The molecule has 3 saturated heterocycles. The number of amides is 15. The molecule has 11 aromatic rings. The molecule has 5 aromatic carbocycles. The fraction of sp³-hybridized carbons (Fsp3) is 0.433. The van der Waals surface area contributed by atoms with Crippen LogP contribution in [-0.4, -0.2) is 161 Å². The SMILES string of the molecule is CN1C(=O)C2(C)CC(C)(C(=O)NCc3ccc(-n4nc(C(C)(C)C)cc4NC(=O)Nc4ccncn4)cc3)CC(C)(C2)C1=O.CN1C(=O)C2(C)CC(C)(C(=O)NCc3ccc(-n4nc(C(C)(C)C)cc4NC(=O)Nc4nc(-c5ccccc5)cs4)cc3)CC(C)(C2)C1=O.CN1C(=O)C2(C)CC(C)(C(=O)NCc3ccc(-n4nc(C(C)(C)C)cc4NC(=O)Nc4nc5ccccc5[nH]4)cc3)CC(C)(C2)C1=O. The van der Waals surface area contributed by atoms with Gasteiger partial charge in [0.25, 0.3) is 0 Å². The molecule has 9 heterocycles. The Bertz CT molecular complexity index is 6580. The number of rotatable bonds is 19. The highest BCUT2D eigenvalue weighted by Gasteiger charge is 2.66. The third-order valence-electron chi connectivity index (χ3n) is 27.9. The Kier molecular flexibility index (Phi) is 26.5. The maximum Gasteiger partial charge on any atom is 0.327 e. The van der Waals surface area contributed by atoms with Crippen molar-refractivity contribution in [1.82, 2.24) is 84.9 Å². The molecule has 6 aromatic heterocycles. The molecule has 6 bridgehead atoms. The number of carbonyl (C=O) groups excluding carboxylic acids is 12. The zero-order chi connectivity index (χ0) is 101. The normalized spacial score (nSPS) is 24.3. The standard InChI is InChI=1S/C37H43N7O4S.C35H42N8O4.C32H40N8O4/c1-34(2,3)27-17-28(40-32(48)41-33-39-26(19-49-33)24-11-9-8-10-12-24)44(42-27)25-15-13-23(14-16-25)18-38-29(45)35(4)20-36(5)22-37(6,21-35)31(47)43(7)30(36)46;1-32(2,3)25-16-26(39-31(47)40-30-37-23-10-8-9-11-24(23)38-30)43(41-25)22-14-12-21(13-15-22)17-36-27(44)33(4)18-34(5)20-35(6,19-33)29(46)42(7)28(34)45;1-29(2,3)22-14-24(37-28(44)36-23-12-13-33-19-35-23)40(38-22)21-10-8-20(9-11-21)15-34-25(41)30(4)16-31(5)18-32(6,17-30)27(43)39(7)26(31)42/h8-17,19H,18,20-22H2,1-7H3,(H,38,45)(H2,39,40,41,48);8-16H,17-20H2,1-7H3,(H,36,44)(H3,37,38,39,40,47);8-14,19H,15-18H2,1-7H3,(H,34,41)(H2,33,35,36,37,44). The number of hydrogen-bond donors (Lipinski definition) is 10. The third-order valence-corrected chi connectivity index (χ3v) is 28.7. The minimum absolute atomic E-state index is 0.172. The van der Waals surface area contributed by atoms with Gasteiger partial charge in [-0.15, -0.1) is 11.3 Å². The second kappa shape index (κ2) is 37.0. The first-order valence-corrected chi connectivity index (χ1v) is 47.8. The monoisotopic (exact) mass is 1920 g/mol. The van der Waals surface area contributed by atoms with E-state index in [4.69, 9.17) is 15.3 Å². The predicted molar refractivity (Wildman–Crippen MR) is 534 cm³/mol. The summed E-state index contributed by atoms with van der Waals surface area (Å²) in [6.07, 6.45) is 6.54. The number of piperidine rings is 3. The highest BCUT2D eigenvalue weighted by molar-refractivity contribution is 7.14. The van der Waals surface area contributed by atoms with Gasteiger partial charge in [0.2, 0.25) is 59.1 Å². The highest BCUT2D eigenvalue weighted by atomic mass is 32.1. The van der Waals surface area contributed by atoms with Crippen molar-refractivity contribution in [3.8, 4) is 28.3 Å². The molecule has 6 atom stereocenters. The van der Waals surface area contributed by atoms with Crippen LogP contribution in [0.5, 0.6) is 0 Å². The van der Waals surface area contributed by atoms with Crippen LogP contribution in [0.1, 0.15) is 216 Å². The van der Waals surface area contributed by atoms with Gasteiger partial charge in [-0.3, -0.25) is 89.8 Å². The van der Waals surface area contributed by atoms with Crippen molar-refractivity contribution in [3.05, 3.63) is 203 Å². The molecule has 6 unspecified atom stereocenters. The number of H-pyrrole nitrogens is 1. The second-order valence-electron chi connectivity index (χ2n) is 44.3. The minimum atomic E-state index is -0.865. The van der Waals surface area contributed by atoms with Crippen LogP contribution < -0.4 is 47.9 Å². The lowest BCUT2D eigenvalue weighted by molar-refractivity contribution is -0.179. The Morgan fingerprint density at radius 3 is 1.04 bits per heavy atom. The molecule has 35 nitrogen and oxygen atoms in total. The Balaban J connectivity index is 0.000000159. The highest BCUT2D eigenvalue weighted by Crippen LogP contribution is 2.61. The van der Waals surface area contributed by atoms with Gasteiger partial charge in [-0.05, 0) is 129 Å². The summed E-state index contributed by atoms with van der Waals surface area (Å²) in [7, 11) is 4.61. The summed E-state index contributed by atoms with van der Waals surface area (Å²) in [4.78, 5) is 181. The number of hydrogen-bond acceptors (Lipinski definition) is 20. The lowest BCUT2D eigenvalue weighted by Gasteiger charge is -2.55. The molecule has 3 aliphatic heterocycles. The van der Waals surface area contributed by atoms with Crippen molar-refractivity contribution in [1.29, 1.82) is 0 Å². The largest absolute Gasteiger partial charge is 0.352 e. The number of aromatic amines is 1.